The molecule has 0 fully saturated rings. The number of nitrogens with one attached hydrogen (secondary N) is 1. The number of aromatic nitrogens is 1. The molecule has 0 radical (unpaired) electrons. The summed E-state index contributed by atoms with van der Waals surface area (Å²) < 4.78 is 5.28. The number of carbonyl (C=O) groups is 1. The van der Waals surface area contributed by atoms with E-state index in [0.717, 1.165) is 36.1 Å². The van der Waals surface area contributed by atoms with Gasteiger partial charge in [-0.3, -0.25) is 4.98 Å². The van der Waals surface area contributed by atoms with E-state index in [0.29, 0.717) is 5.69 Å². The zero-order chi connectivity index (χ0) is 16.3. The molecule has 0 saturated carbocycles. The smallest absolute Gasteiger partial charge is 0.407 e. The van der Waals surface area contributed by atoms with E-state index in [2.05, 4.69) is 16.4 Å². The molecule has 5 nitrogen and oxygen atoms in total. The third-order valence-electron chi connectivity index (χ3n) is 3.49. The standard InChI is InChI=1S/C17H25N3O2/c1-11-9-14(18)15(19-10-11)12-5-7-13(8-6-12)20-16(21)22-17(2,3)4/h5,9-10,13H,6-8,18H2,1-4H3,(H,20,21). The first-order chi connectivity index (χ1) is 10.2. The summed E-state index contributed by atoms with van der Waals surface area (Å²) in [6.07, 6.45) is 6.06. The number of aryl methyl sites for hydroxylation is 1. The van der Waals surface area contributed by atoms with Crippen molar-refractivity contribution in [3.8, 4) is 0 Å². The molecule has 1 heterocycles. The van der Waals surface area contributed by atoms with Gasteiger partial charge in [0.1, 0.15) is 5.60 Å². The van der Waals surface area contributed by atoms with Crippen LogP contribution in [0, 0.1) is 6.92 Å². The maximum Gasteiger partial charge on any atom is 0.407 e. The van der Waals surface area contributed by atoms with Crippen LogP contribution in [0.1, 0.15) is 51.3 Å². The van der Waals surface area contributed by atoms with Crippen molar-refractivity contribution in [2.45, 2.75) is 58.6 Å². The molecule has 1 aliphatic rings. The maximum absolute atomic E-state index is 11.8. The number of nitrogens with two attached hydrogens (primary N) is 1. The number of nitrogen functional groups attached to an aromatic ring is 1. The molecule has 1 amide bonds. The molecule has 0 bridgehead atoms. The van der Waals surface area contributed by atoms with Crippen LogP contribution in [-0.4, -0.2) is 22.7 Å². The molecule has 0 spiro atoms. The normalized spacial score (nSPS) is 18.5. The lowest BCUT2D eigenvalue weighted by Crippen LogP contribution is -2.39. The van der Waals surface area contributed by atoms with Gasteiger partial charge in [-0.2, -0.15) is 0 Å². The third kappa shape index (κ3) is 4.48. The van der Waals surface area contributed by atoms with E-state index in [9.17, 15) is 4.79 Å². The summed E-state index contributed by atoms with van der Waals surface area (Å²) in [5, 5.41) is 2.91. The number of amides is 1. The van der Waals surface area contributed by atoms with Crippen molar-refractivity contribution in [1.82, 2.24) is 10.3 Å². The summed E-state index contributed by atoms with van der Waals surface area (Å²) in [6.45, 7) is 7.55. The minimum absolute atomic E-state index is 0.102. The van der Waals surface area contributed by atoms with E-state index < -0.39 is 5.60 Å². The molecular weight excluding hydrogens is 278 g/mol. The number of carbonyl (C=O) groups excluding carboxylic acids is 1. The molecule has 120 valence electrons. The number of hydrogen-bond acceptors (Lipinski definition) is 4. The van der Waals surface area contributed by atoms with Gasteiger partial charge < -0.3 is 15.8 Å². The third-order valence-corrected chi connectivity index (χ3v) is 3.49. The summed E-state index contributed by atoms with van der Waals surface area (Å²) in [5.74, 6) is 0. The lowest BCUT2D eigenvalue weighted by Gasteiger charge is -2.26. The van der Waals surface area contributed by atoms with E-state index >= 15 is 0 Å². The molecule has 2 rings (SSSR count). The second-order valence-electron chi connectivity index (χ2n) is 6.80. The summed E-state index contributed by atoms with van der Waals surface area (Å²) in [6, 6.07) is 2.04. The van der Waals surface area contributed by atoms with Gasteiger partial charge in [-0.05, 0) is 64.2 Å². The largest absolute Gasteiger partial charge is 0.444 e. The van der Waals surface area contributed by atoms with Gasteiger partial charge in [-0.15, -0.1) is 0 Å². The number of hydrogen-bond donors (Lipinski definition) is 2. The van der Waals surface area contributed by atoms with Crippen LogP contribution in [0.2, 0.25) is 0 Å². The Bertz CT molecular complexity index is 588. The number of ether oxygens (including phenoxy) is 1. The van der Waals surface area contributed by atoms with Gasteiger partial charge in [0.2, 0.25) is 0 Å². The Balaban J connectivity index is 1.96. The maximum atomic E-state index is 11.8. The zero-order valence-electron chi connectivity index (χ0n) is 13.8. The fraction of sp³-hybridized carbons (Fsp3) is 0.529. The SMILES string of the molecule is Cc1cnc(C2=CCC(NC(=O)OC(C)(C)C)CC2)c(N)c1. The first-order valence-electron chi connectivity index (χ1n) is 7.65. The van der Waals surface area contributed by atoms with Crippen LogP contribution in [0.15, 0.2) is 18.3 Å². The molecule has 1 aromatic heterocycles. The Labute approximate surface area is 131 Å². The van der Waals surface area contributed by atoms with Crippen LogP contribution in [-0.2, 0) is 4.74 Å². The Kier molecular flexibility index (Phi) is 4.74. The lowest BCUT2D eigenvalue weighted by atomic mass is 9.92. The second kappa shape index (κ2) is 6.38. The van der Waals surface area contributed by atoms with E-state index in [4.69, 9.17) is 10.5 Å². The van der Waals surface area contributed by atoms with Gasteiger partial charge in [0.05, 0.1) is 11.4 Å². The minimum atomic E-state index is -0.472. The number of pyridine rings is 1. The molecule has 22 heavy (non-hydrogen) atoms. The summed E-state index contributed by atoms with van der Waals surface area (Å²) in [5.41, 5.74) is 9.36. The van der Waals surface area contributed by atoms with Gasteiger partial charge in [0.25, 0.3) is 0 Å². The highest BCUT2D eigenvalue weighted by molar-refractivity contribution is 5.73. The Hall–Kier alpha value is -2.04. The van der Waals surface area contributed by atoms with Gasteiger partial charge in [0, 0.05) is 12.2 Å². The van der Waals surface area contributed by atoms with Crippen LogP contribution in [0.5, 0.6) is 0 Å². The van der Waals surface area contributed by atoms with Gasteiger partial charge >= 0.3 is 6.09 Å². The highest BCUT2D eigenvalue weighted by Gasteiger charge is 2.22. The minimum Gasteiger partial charge on any atom is -0.444 e. The van der Waals surface area contributed by atoms with Crippen molar-refractivity contribution in [2.75, 3.05) is 5.73 Å². The molecule has 1 unspecified atom stereocenters. The van der Waals surface area contributed by atoms with Crippen molar-refractivity contribution in [3.05, 3.63) is 29.6 Å². The van der Waals surface area contributed by atoms with Crippen LogP contribution >= 0.6 is 0 Å². The molecular formula is C17H25N3O2. The van der Waals surface area contributed by atoms with Crippen molar-refractivity contribution >= 4 is 17.4 Å². The Morgan fingerprint density at radius 2 is 2.18 bits per heavy atom. The predicted molar refractivity (Wildman–Crippen MR) is 88.4 cm³/mol. The van der Waals surface area contributed by atoms with Gasteiger partial charge in [-0.1, -0.05) is 6.08 Å². The van der Waals surface area contributed by atoms with Gasteiger partial charge in [0.15, 0.2) is 0 Å². The Morgan fingerprint density at radius 3 is 2.73 bits per heavy atom. The van der Waals surface area contributed by atoms with Crippen molar-refractivity contribution in [1.29, 1.82) is 0 Å². The number of anilines is 1. The molecule has 1 aliphatic carbocycles. The molecule has 5 heteroatoms. The van der Waals surface area contributed by atoms with Crippen molar-refractivity contribution < 1.29 is 9.53 Å². The van der Waals surface area contributed by atoms with Crippen LogP contribution in [0.25, 0.3) is 5.57 Å². The summed E-state index contributed by atoms with van der Waals surface area (Å²) in [7, 11) is 0. The Morgan fingerprint density at radius 1 is 1.45 bits per heavy atom. The average molecular weight is 303 g/mol. The second-order valence-corrected chi connectivity index (χ2v) is 6.80. The van der Waals surface area contributed by atoms with Crippen LogP contribution in [0.3, 0.4) is 0 Å². The number of allylic oxidation sites excluding steroid dienone is 1. The van der Waals surface area contributed by atoms with Crippen LogP contribution < -0.4 is 11.1 Å². The molecule has 0 aliphatic heterocycles. The van der Waals surface area contributed by atoms with Crippen molar-refractivity contribution in [2.24, 2.45) is 0 Å². The van der Waals surface area contributed by atoms with Crippen molar-refractivity contribution in [3.63, 3.8) is 0 Å². The first kappa shape index (κ1) is 16.3. The average Bonchev–Trinajstić information content (AvgIpc) is 2.38. The molecule has 0 saturated heterocycles. The van der Waals surface area contributed by atoms with Gasteiger partial charge in [-0.25, -0.2) is 4.79 Å². The van der Waals surface area contributed by atoms with E-state index in [1.54, 1.807) is 0 Å². The fourth-order valence-electron chi connectivity index (χ4n) is 2.51. The van der Waals surface area contributed by atoms with E-state index in [-0.39, 0.29) is 12.1 Å². The molecule has 3 N–H and O–H groups in total. The monoisotopic (exact) mass is 303 g/mol. The fourth-order valence-corrected chi connectivity index (χ4v) is 2.51. The highest BCUT2D eigenvalue weighted by Crippen LogP contribution is 2.29. The molecule has 1 aromatic rings. The first-order valence-corrected chi connectivity index (χ1v) is 7.65. The zero-order valence-corrected chi connectivity index (χ0v) is 13.8. The quantitative estimate of drug-likeness (QED) is 0.877. The topological polar surface area (TPSA) is 77.2 Å². The predicted octanol–water partition coefficient (Wildman–Crippen LogP) is 3.43. The molecule has 0 aromatic carbocycles. The number of alkyl carbamates (subject to hydrolysis) is 1. The highest BCUT2D eigenvalue weighted by atomic mass is 16.6. The summed E-state index contributed by atoms with van der Waals surface area (Å²) >= 11 is 0. The van der Waals surface area contributed by atoms with Crippen LogP contribution in [0.4, 0.5) is 10.5 Å². The number of nitrogens with zero attached hydrogens (tertiary/aromatic N) is 1. The van der Waals surface area contributed by atoms with E-state index in [1.165, 1.54) is 0 Å². The van der Waals surface area contributed by atoms with E-state index in [1.807, 2.05) is 40.0 Å². The summed E-state index contributed by atoms with van der Waals surface area (Å²) in [4.78, 5) is 16.2. The number of rotatable bonds is 2. The lowest BCUT2D eigenvalue weighted by molar-refractivity contribution is 0.0502. The molecule has 1 atom stereocenters.